The van der Waals surface area contributed by atoms with Crippen molar-refractivity contribution >= 4 is 11.6 Å². The average Bonchev–Trinajstić information content (AvgIpc) is 3.38. The molecule has 2 fully saturated rings. The molecule has 2 aliphatic rings. The van der Waals surface area contributed by atoms with Gasteiger partial charge < -0.3 is 19.2 Å². The van der Waals surface area contributed by atoms with Gasteiger partial charge in [-0.15, -0.1) is 10.2 Å². The largest absolute Gasteiger partial charge is 0.496 e. The maximum atomic E-state index is 13.9. The van der Waals surface area contributed by atoms with Crippen LogP contribution in [-0.4, -0.2) is 41.0 Å². The second kappa shape index (κ2) is 11.7. The van der Waals surface area contributed by atoms with Gasteiger partial charge in [-0.25, -0.2) is 0 Å². The third-order valence-electron chi connectivity index (χ3n) is 8.42. The van der Waals surface area contributed by atoms with Crippen molar-refractivity contribution in [2.24, 2.45) is 11.8 Å². The minimum atomic E-state index is -0.284. The lowest BCUT2D eigenvalue weighted by atomic mass is 9.78. The summed E-state index contributed by atoms with van der Waals surface area (Å²) in [4.78, 5) is 15.9. The quantitative estimate of drug-likeness (QED) is 0.400. The normalized spacial score (nSPS) is 23.7. The number of nitrogens with zero attached hydrogens (tertiary/aromatic N) is 3. The zero-order valence-corrected chi connectivity index (χ0v) is 22.7. The summed E-state index contributed by atoms with van der Waals surface area (Å²) in [6.07, 6.45) is 7.00. The molecule has 1 aromatic heterocycles. The first-order valence-electron chi connectivity index (χ1n) is 14.0. The predicted octanol–water partition coefficient (Wildman–Crippen LogP) is 6.22. The highest BCUT2D eigenvalue weighted by molar-refractivity contribution is 5.95. The van der Waals surface area contributed by atoms with Crippen LogP contribution in [0.1, 0.15) is 74.3 Å². The molecular weight excluding hydrogens is 478 g/mol. The molecule has 0 radical (unpaired) electrons. The van der Waals surface area contributed by atoms with Crippen LogP contribution in [0.15, 0.2) is 46.9 Å². The zero-order valence-electron chi connectivity index (χ0n) is 22.7. The van der Waals surface area contributed by atoms with Gasteiger partial charge in [0, 0.05) is 30.6 Å². The third kappa shape index (κ3) is 5.93. The van der Waals surface area contributed by atoms with E-state index in [4.69, 9.17) is 9.15 Å². The minimum Gasteiger partial charge on any atom is -0.496 e. The molecule has 38 heavy (non-hydrogen) atoms. The summed E-state index contributed by atoms with van der Waals surface area (Å²) >= 11 is 0. The summed E-state index contributed by atoms with van der Waals surface area (Å²) in [7, 11) is 1.72. The molecule has 2 aromatic carbocycles. The molecule has 0 spiro atoms. The van der Waals surface area contributed by atoms with Crippen molar-refractivity contribution < 1.29 is 19.1 Å². The Labute approximate surface area is 225 Å². The minimum absolute atomic E-state index is 0.0497. The maximum Gasteiger partial charge on any atom is 0.247 e. The highest BCUT2D eigenvalue weighted by atomic mass is 16.5. The molecule has 1 heterocycles. The van der Waals surface area contributed by atoms with Crippen molar-refractivity contribution in [2.45, 2.75) is 77.2 Å². The fourth-order valence-corrected chi connectivity index (χ4v) is 6.18. The van der Waals surface area contributed by atoms with Crippen molar-refractivity contribution in [2.75, 3.05) is 18.6 Å². The Morgan fingerprint density at radius 3 is 2.42 bits per heavy atom. The van der Waals surface area contributed by atoms with E-state index in [1.807, 2.05) is 29.2 Å². The second-order valence-electron chi connectivity index (χ2n) is 11.1. The molecule has 3 aromatic rings. The molecule has 7 heteroatoms. The van der Waals surface area contributed by atoms with Gasteiger partial charge in [0.25, 0.3) is 0 Å². The molecule has 2 aliphatic carbocycles. The first-order valence-corrected chi connectivity index (χ1v) is 14.0. The SMILES string of the molecule is COc1ccc(C2CCC(CN(C(=O)C3CCC(O)CC3)c3cccc(-c4nnc(C)o4)c3)CC2)cc1C. The Morgan fingerprint density at radius 2 is 1.76 bits per heavy atom. The topological polar surface area (TPSA) is 88.7 Å². The van der Waals surface area contributed by atoms with Gasteiger partial charge in [0.2, 0.25) is 17.7 Å². The molecule has 0 atom stereocenters. The Balaban J connectivity index is 1.32. The van der Waals surface area contributed by atoms with Crippen molar-refractivity contribution in [3.63, 3.8) is 0 Å². The third-order valence-corrected chi connectivity index (χ3v) is 8.42. The lowest BCUT2D eigenvalue weighted by Crippen LogP contribution is -2.41. The Hall–Kier alpha value is -3.19. The molecule has 0 bridgehead atoms. The number of carbonyl (C=O) groups is 1. The van der Waals surface area contributed by atoms with Crippen molar-refractivity contribution in [1.82, 2.24) is 10.2 Å². The molecule has 7 nitrogen and oxygen atoms in total. The molecule has 1 amide bonds. The molecule has 0 saturated heterocycles. The van der Waals surface area contributed by atoms with E-state index in [1.54, 1.807) is 14.0 Å². The fourth-order valence-electron chi connectivity index (χ4n) is 6.18. The molecule has 1 N–H and O–H groups in total. The average molecular weight is 518 g/mol. The van der Waals surface area contributed by atoms with Crippen LogP contribution in [-0.2, 0) is 4.79 Å². The highest BCUT2D eigenvalue weighted by Gasteiger charge is 2.32. The molecule has 5 rings (SSSR count). The number of hydrogen-bond donors (Lipinski definition) is 1. The van der Waals surface area contributed by atoms with Gasteiger partial charge in [-0.2, -0.15) is 0 Å². The maximum absolute atomic E-state index is 13.9. The van der Waals surface area contributed by atoms with Gasteiger partial charge in [0.1, 0.15) is 5.75 Å². The predicted molar refractivity (Wildman–Crippen MR) is 147 cm³/mol. The van der Waals surface area contributed by atoms with E-state index in [9.17, 15) is 9.90 Å². The zero-order chi connectivity index (χ0) is 26.6. The van der Waals surface area contributed by atoms with E-state index >= 15 is 0 Å². The number of hydrogen-bond acceptors (Lipinski definition) is 6. The van der Waals surface area contributed by atoms with Crippen molar-refractivity contribution in [3.8, 4) is 17.2 Å². The van der Waals surface area contributed by atoms with Crippen LogP contribution in [0.25, 0.3) is 11.5 Å². The van der Waals surface area contributed by atoms with E-state index in [-0.39, 0.29) is 17.9 Å². The molecule has 202 valence electrons. The molecular formula is C31H39N3O4. The number of aryl methyl sites for hydroxylation is 2. The van der Waals surface area contributed by atoms with Gasteiger partial charge >= 0.3 is 0 Å². The van der Waals surface area contributed by atoms with Crippen LogP contribution in [0, 0.1) is 25.7 Å². The number of rotatable bonds is 7. The van der Waals surface area contributed by atoms with E-state index in [0.29, 0.717) is 43.0 Å². The highest BCUT2D eigenvalue weighted by Crippen LogP contribution is 2.39. The molecule has 0 unspecified atom stereocenters. The van der Waals surface area contributed by atoms with Gasteiger partial charge in [-0.1, -0.05) is 18.2 Å². The number of amides is 1. The van der Waals surface area contributed by atoms with Gasteiger partial charge in [0.05, 0.1) is 13.2 Å². The smallest absolute Gasteiger partial charge is 0.247 e. The Bertz CT molecular complexity index is 1240. The van der Waals surface area contributed by atoms with Crippen LogP contribution in [0.4, 0.5) is 5.69 Å². The summed E-state index contributed by atoms with van der Waals surface area (Å²) < 4.78 is 11.1. The van der Waals surface area contributed by atoms with Crippen LogP contribution < -0.4 is 9.64 Å². The number of aliphatic hydroxyl groups excluding tert-OH is 1. The van der Waals surface area contributed by atoms with Gasteiger partial charge in [0.15, 0.2) is 0 Å². The van der Waals surface area contributed by atoms with Crippen LogP contribution in [0.2, 0.25) is 0 Å². The van der Waals surface area contributed by atoms with E-state index in [1.165, 1.54) is 11.1 Å². The molecule has 2 saturated carbocycles. The van der Waals surface area contributed by atoms with Crippen LogP contribution in [0.3, 0.4) is 0 Å². The Kier molecular flexibility index (Phi) is 8.12. The monoisotopic (exact) mass is 517 g/mol. The standard InChI is InChI=1S/C31H39N3O4/c1-20-17-25(13-16-29(20)37-3)23-9-7-22(8-10-23)19-34(31(36)24-11-14-28(35)15-12-24)27-6-4-5-26(18-27)30-33-32-21(2)38-30/h4-6,13,16-18,22-24,28,35H,7-12,14-15,19H2,1-3H3. The van der Waals surface area contributed by atoms with Crippen molar-refractivity contribution in [3.05, 3.63) is 59.5 Å². The fraction of sp³-hybridized carbons (Fsp3) is 0.516. The number of benzene rings is 2. The van der Waals surface area contributed by atoms with E-state index in [2.05, 4.69) is 35.3 Å². The summed E-state index contributed by atoms with van der Waals surface area (Å²) in [5.41, 5.74) is 4.26. The van der Waals surface area contributed by atoms with Crippen molar-refractivity contribution in [1.29, 1.82) is 0 Å². The van der Waals surface area contributed by atoms with Gasteiger partial charge in [-0.05, 0) is 106 Å². The first kappa shape index (κ1) is 26.4. The first-order chi connectivity index (χ1) is 18.4. The number of carbonyl (C=O) groups excluding carboxylic acids is 1. The Morgan fingerprint density at radius 1 is 1.00 bits per heavy atom. The summed E-state index contributed by atoms with van der Waals surface area (Å²) in [5.74, 6) is 3.03. The van der Waals surface area contributed by atoms with E-state index < -0.39 is 0 Å². The van der Waals surface area contributed by atoms with Crippen LogP contribution in [0.5, 0.6) is 5.75 Å². The summed E-state index contributed by atoms with van der Waals surface area (Å²) in [6, 6.07) is 14.4. The van der Waals surface area contributed by atoms with Crippen LogP contribution >= 0.6 is 0 Å². The summed E-state index contributed by atoms with van der Waals surface area (Å²) in [6.45, 7) is 4.58. The molecule has 0 aliphatic heterocycles. The number of ether oxygens (including phenoxy) is 1. The number of aromatic nitrogens is 2. The summed E-state index contributed by atoms with van der Waals surface area (Å²) in [5, 5.41) is 18.1. The second-order valence-corrected chi connectivity index (χ2v) is 11.1. The van der Waals surface area contributed by atoms with Gasteiger partial charge in [-0.3, -0.25) is 4.79 Å². The number of aliphatic hydroxyl groups is 1. The van der Waals surface area contributed by atoms with E-state index in [0.717, 1.165) is 55.5 Å². The lowest BCUT2D eigenvalue weighted by molar-refractivity contribution is -0.124. The number of methoxy groups -OCH3 is 1. The lowest BCUT2D eigenvalue weighted by Gasteiger charge is -2.36. The number of anilines is 1.